The maximum atomic E-state index is 5.64. The molecule has 0 amide bonds. The molecule has 0 saturated carbocycles. The molecule has 0 atom stereocenters. The number of hydrogen-bond acceptors (Lipinski definition) is 3. The lowest BCUT2D eigenvalue weighted by molar-refractivity contribution is 0.258. The Balaban J connectivity index is 2.80. The summed E-state index contributed by atoms with van der Waals surface area (Å²) >= 11 is 0. The first-order valence-electron chi connectivity index (χ1n) is 4.92. The normalized spacial score (nSPS) is 10.6. The van der Waals surface area contributed by atoms with E-state index in [1.807, 2.05) is 13.0 Å². The summed E-state index contributed by atoms with van der Waals surface area (Å²) < 4.78 is 5.58. The van der Waals surface area contributed by atoms with Gasteiger partial charge in [0.1, 0.15) is 0 Å². The summed E-state index contributed by atoms with van der Waals surface area (Å²) in [6.07, 6.45) is 1.75. The van der Waals surface area contributed by atoms with Crippen LogP contribution < -0.4 is 10.5 Å². The van der Waals surface area contributed by atoms with Gasteiger partial charge in [0.15, 0.2) is 0 Å². The zero-order chi connectivity index (χ0) is 10.6. The van der Waals surface area contributed by atoms with E-state index in [2.05, 4.69) is 18.8 Å². The molecule has 2 N–H and O–H groups in total. The van der Waals surface area contributed by atoms with Crippen molar-refractivity contribution in [2.75, 3.05) is 6.61 Å². The van der Waals surface area contributed by atoms with Crippen molar-refractivity contribution < 1.29 is 4.74 Å². The van der Waals surface area contributed by atoms with Crippen LogP contribution in [0, 0.1) is 12.8 Å². The molecule has 3 heteroatoms. The molecule has 1 heterocycles. The Hall–Kier alpha value is -1.09. The third-order valence-corrected chi connectivity index (χ3v) is 2.01. The predicted molar refractivity (Wildman–Crippen MR) is 57.2 cm³/mol. The Morgan fingerprint density at radius 2 is 2.21 bits per heavy atom. The maximum Gasteiger partial charge on any atom is 0.218 e. The monoisotopic (exact) mass is 194 g/mol. The van der Waals surface area contributed by atoms with Crippen LogP contribution in [0.1, 0.15) is 25.0 Å². The number of rotatable bonds is 4. The Bertz CT molecular complexity index is 297. The standard InChI is InChI=1S/C11H18N2O/c1-8(2)7-14-11-10(6-12)9(3)4-5-13-11/h4-5,8H,6-7,12H2,1-3H3. The molecule has 3 nitrogen and oxygen atoms in total. The van der Waals surface area contributed by atoms with E-state index in [9.17, 15) is 0 Å². The second-order valence-electron chi connectivity index (χ2n) is 3.82. The summed E-state index contributed by atoms with van der Waals surface area (Å²) in [6, 6.07) is 1.95. The molecule has 0 aliphatic carbocycles. The van der Waals surface area contributed by atoms with E-state index in [4.69, 9.17) is 10.5 Å². The number of aryl methyl sites for hydroxylation is 1. The number of nitrogens with zero attached hydrogens (tertiary/aromatic N) is 1. The van der Waals surface area contributed by atoms with E-state index >= 15 is 0 Å². The minimum absolute atomic E-state index is 0.479. The van der Waals surface area contributed by atoms with E-state index in [1.165, 1.54) is 0 Å². The van der Waals surface area contributed by atoms with Gasteiger partial charge in [-0.2, -0.15) is 0 Å². The quantitative estimate of drug-likeness (QED) is 0.796. The van der Waals surface area contributed by atoms with Gasteiger partial charge < -0.3 is 10.5 Å². The molecule has 0 aliphatic rings. The molecule has 1 aromatic rings. The molecular formula is C11H18N2O. The van der Waals surface area contributed by atoms with Crippen molar-refractivity contribution in [1.82, 2.24) is 4.98 Å². The van der Waals surface area contributed by atoms with E-state index < -0.39 is 0 Å². The molecule has 0 aliphatic heterocycles. The van der Waals surface area contributed by atoms with Crippen molar-refractivity contribution in [1.29, 1.82) is 0 Å². The number of ether oxygens (including phenoxy) is 1. The highest BCUT2D eigenvalue weighted by Crippen LogP contribution is 2.18. The van der Waals surface area contributed by atoms with Crippen LogP contribution in [-0.2, 0) is 6.54 Å². The van der Waals surface area contributed by atoms with Crippen molar-refractivity contribution in [3.8, 4) is 5.88 Å². The molecule has 0 bridgehead atoms. The Morgan fingerprint density at radius 3 is 2.79 bits per heavy atom. The summed E-state index contributed by atoms with van der Waals surface area (Å²) in [7, 11) is 0. The van der Waals surface area contributed by atoms with Gasteiger partial charge in [0.2, 0.25) is 5.88 Å². The zero-order valence-corrected chi connectivity index (χ0v) is 9.08. The highest BCUT2D eigenvalue weighted by atomic mass is 16.5. The summed E-state index contributed by atoms with van der Waals surface area (Å²) in [5.41, 5.74) is 7.79. The van der Waals surface area contributed by atoms with Crippen LogP contribution >= 0.6 is 0 Å². The number of pyridine rings is 1. The summed E-state index contributed by atoms with van der Waals surface area (Å²) in [4.78, 5) is 4.18. The summed E-state index contributed by atoms with van der Waals surface area (Å²) in [5, 5.41) is 0. The van der Waals surface area contributed by atoms with Gasteiger partial charge in [0.25, 0.3) is 0 Å². The molecule has 0 radical (unpaired) electrons. The van der Waals surface area contributed by atoms with Gasteiger partial charge in [-0.25, -0.2) is 4.98 Å². The van der Waals surface area contributed by atoms with Crippen LogP contribution in [0.25, 0.3) is 0 Å². The van der Waals surface area contributed by atoms with Crippen molar-refractivity contribution in [2.24, 2.45) is 11.7 Å². The summed E-state index contributed by atoms with van der Waals surface area (Å²) in [5.74, 6) is 1.18. The predicted octanol–water partition coefficient (Wildman–Crippen LogP) is 1.88. The molecule has 78 valence electrons. The first-order chi connectivity index (χ1) is 6.65. The molecule has 0 unspecified atom stereocenters. The average molecular weight is 194 g/mol. The maximum absolute atomic E-state index is 5.64. The lowest BCUT2D eigenvalue weighted by Crippen LogP contribution is -2.10. The van der Waals surface area contributed by atoms with Gasteiger partial charge in [0, 0.05) is 18.3 Å². The lowest BCUT2D eigenvalue weighted by atomic mass is 10.1. The van der Waals surface area contributed by atoms with E-state index in [1.54, 1.807) is 6.20 Å². The molecule has 0 spiro atoms. The van der Waals surface area contributed by atoms with Gasteiger partial charge in [-0.1, -0.05) is 13.8 Å². The first-order valence-corrected chi connectivity index (χ1v) is 4.92. The second kappa shape index (κ2) is 4.96. The fraction of sp³-hybridized carbons (Fsp3) is 0.545. The van der Waals surface area contributed by atoms with Gasteiger partial charge >= 0.3 is 0 Å². The van der Waals surface area contributed by atoms with Gasteiger partial charge in [-0.15, -0.1) is 0 Å². The number of hydrogen-bond donors (Lipinski definition) is 1. The van der Waals surface area contributed by atoms with E-state index in [0.717, 1.165) is 11.1 Å². The third-order valence-electron chi connectivity index (χ3n) is 2.01. The minimum atomic E-state index is 0.479. The van der Waals surface area contributed by atoms with Crippen molar-refractivity contribution in [3.63, 3.8) is 0 Å². The van der Waals surface area contributed by atoms with Crippen LogP contribution in [0.2, 0.25) is 0 Å². The van der Waals surface area contributed by atoms with Crippen molar-refractivity contribution in [2.45, 2.75) is 27.3 Å². The Kier molecular flexibility index (Phi) is 3.89. The highest BCUT2D eigenvalue weighted by Gasteiger charge is 2.06. The molecule has 0 aromatic carbocycles. The lowest BCUT2D eigenvalue weighted by Gasteiger charge is -2.12. The Morgan fingerprint density at radius 1 is 1.50 bits per heavy atom. The number of nitrogens with two attached hydrogens (primary N) is 1. The minimum Gasteiger partial charge on any atom is -0.477 e. The topological polar surface area (TPSA) is 48.1 Å². The molecule has 0 saturated heterocycles. The second-order valence-corrected chi connectivity index (χ2v) is 3.82. The smallest absolute Gasteiger partial charge is 0.218 e. The molecule has 1 rings (SSSR count). The zero-order valence-electron chi connectivity index (χ0n) is 9.08. The molecule has 14 heavy (non-hydrogen) atoms. The van der Waals surface area contributed by atoms with Crippen LogP contribution in [0.4, 0.5) is 0 Å². The SMILES string of the molecule is Cc1ccnc(OCC(C)C)c1CN. The van der Waals surface area contributed by atoms with Crippen LogP contribution in [0.5, 0.6) is 5.88 Å². The highest BCUT2D eigenvalue weighted by molar-refractivity contribution is 5.33. The van der Waals surface area contributed by atoms with Crippen molar-refractivity contribution in [3.05, 3.63) is 23.4 Å². The largest absolute Gasteiger partial charge is 0.477 e. The third kappa shape index (κ3) is 2.70. The molecular weight excluding hydrogens is 176 g/mol. The van der Waals surface area contributed by atoms with Crippen molar-refractivity contribution >= 4 is 0 Å². The first kappa shape index (κ1) is 11.0. The number of aromatic nitrogens is 1. The van der Waals surface area contributed by atoms with E-state index in [0.29, 0.717) is 24.9 Å². The van der Waals surface area contributed by atoms with Gasteiger partial charge in [-0.05, 0) is 24.5 Å². The molecule has 0 fully saturated rings. The van der Waals surface area contributed by atoms with Gasteiger partial charge in [0.05, 0.1) is 6.61 Å². The van der Waals surface area contributed by atoms with E-state index in [-0.39, 0.29) is 0 Å². The Labute approximate surface area is 85.3 Å². The fourth-order valence-corrected chi connectivity index (χ4v) is 1.18. The van der Waals surface area contributed by atoms with Crippen LogP contribution in [0.15, 0.2) is 12.3 Å². The van der Waals surface area contributed by atoms with Gasteiger partial charge in [-0.3, -0.25) is 0 Å². The average Bonchev–Trinajstić information content (AvgIpc) is 2.14. The molecule has 1 aromatic heterocycles. The van der Waals surface area contributed by atoms with Crippen LogP contribution in [-0.4, -0.2) is 11.6 Å². The summed E-state index contributed by atoms with van der Waals surface area (Å²) in [6.45, 7) is 7.40. The van der Waals surface area contributed by atoms with Crippen LogP contribution in [0.3, 0.4) is 0 Å². The fourth-order valence-electron chi connectivity index (χ4n) is 1.18.